The Labute approximate surface area is 168 Å². The Morgan fingerprint density at radius 2 is 1.90 bits per heavy atom. The second-order valence-electron chi connectivity index (χ2n) is 6.23. The van der Waals surface area contributed by atoms with E-state index in [4.69, 9.17) is 5.73 Å². The maximum Gasteiger partial charge on any atom is 0.150 e. The Balaban J connectivity index is 1.93. The van der Waals surface area contributed by atoms with Crippen LogP contribution in [0.5, 0.6) is 0 Å². The smallest absolute Gasteiger partial charge is 0.150 e. The molecule has 3 aromatic rings. The number of hydrogen-bond acceptors (Lipinski definition) is 7. The number of allylic oxidation sites excluding steroid dienone is 1. The second kappa shape index (κ2) is 9.41. The van der Waals surface area contributed by atoms with Crippen molar-refractivity contribution in [2.75, 3.05) is 17.7 Å². The third-order valence-electron chi connectivity index (χ3n) is 4.17. The van der Waals surface area contributed by atoms with E-state index in [9.17, 15) is 4.39 Å². The van der Waals surface area contributed by atoms with Crippen molar-refractivity contribution in [3.8, 4) is 0 Å². The van der Waals surface area contributed by atoms with Crippen molar-refractivity contribution in [2.24, 2.45) is 10.7 Å². The lowest BCUT2D eigenvalue weighted by molar-refractivity contribution is 0.626. The molecule has 4 N–H and O–H groups in total. The number of pyridine rings is 1. The summed E-state index contributed by atoms with van der Waals surface area (Å²) < 4.78 is 13.2. The highest BCUT2D eigenvalue weighted by molar-refractivity contribution is 6.09. The molecule has 0 fully saturated rings. The summed E-state index contributed by atoms with van der Waals surface area (Å²) in [7, 11) is 1.69. The van der Waals surface area contributed by atoms with Crippen LogP contribution in [0.15, 0.2) is 72.3 Å². The van der Waals surface area contributed by atoms with Crippen molar-refractivity contribution < 1.29 is 4.39 Å². The summed E-state index contributed by atoms with van der Waals surface area (Å²) in [6.07, 6.45) is 7.96. The summed E-state index contributed by atoms with van der Waals surface area (Å²) in [5, 5.41) is 6.49. The van der Waals surface area contributed by atoms with Crippen molar-refractivity contribution in [3.05, 3.63) is 84.2 Å². The Bertz CT molecular complexity index is 1000. The van der Waals surface area contributed by atoms with E-state index in [0.29, 0.717) is 23.2 Å². The van der Waals surface area contributed by atoms with Crippen LogP contribution in [0.25, 0.3) is 0 Å². The first kappa shape index (κ1) is 19.9. The summed E-state index contributed by atoms with van der Waals surface area (Å²) in [6.45, 7) is 1.98. The highest BCUT2D eigenvalue weighted by Gasteiger charge is 2.11. The summed E-state index contributed by atoms with van der Waals surface area (Å²) in [5.74, 6) is 1.49. The van der Waals surface area contributed by atoms with Gasteiger partial charge in [0.1, 0.15) is 23.3 Å². The van der Waals surface area contributed by atoms with Gasteiger partial charge in [0.15, 0.2) is 0 Å². The maximum absolute atomic E-state index is 13.2. The van der Waals surface area contributed by atoms with Gasteiger partial charge in [-0.15, -0.1) is 0 Å². The lowest BCUT2D eigenvalue weighted by Crippen LogP contribution is -2.11. The van der Waals surface area contributed by atoms with Crippen molar-refractivity contribution in [3.63, 3.8) is 0 Å². The number of anilines is 3. The molecule has 7 nitrogen and oxygen atoms in total. The number of nitrogens with two attached hydrogens (primary N) is 1. The number of hydrogen-bond donors (Lipinski definition) is 3. The molecular formula is C21H22FN7. The van der Waals surface area contributed by atoms with Crippen molar-refractivity contribution in [1.82, 2.24) is 15.0 Å². The van der Waals surface area contributed by atoms with Crippen LogP contribution in [0.3, 0.4) is 0 Å². The van der Waals surface area contributed by atoms with Crippen LogP contribution in [0.4, 0.5) is 21.8 Å². The molecule has 29 heavy (non-hydrogen) atoms. The number of rotatable bonds is 7. The molecule has 2 heterocycles. The maximum atomic E-state index is 13.2. The fourth-order valence-electron chi connectivity index (χ4n) is 2.76. The van der Waals surface area contributed by atoms with Gasteiger partial charge >= 0.3 is 0 Å². The monoisotopic (exact) mass is 391 g/mol. The van der Waals surface area contributed by atoms with E-state index < -0.39 is 0 Å². The predicted octanol–water partition coefficient (Wildman–Crippen LogP) is 3.82. The molecule has 148 valence electrons. The Morgan fingerprint density at radius 1 is 1.14 bits per heavy atom. The van der Waals surface area contributed by atoms with Crippen LogP contribution < -0.4 is 16.4 Å². The summed E-state index contributed by atoms with van der Waals surface area (Å²) >= 11 is 0. The van der Waals surface area contributed by atoms with Crippen LogP contribution in [-0.4, -0.2) is 27.7 Å². The van der Waals surface area contributed by atoms with E-state index >= 15 is 0 Å². The molecule has 0 saturated heterocycles. The SMILES string of the molecule is CN=C(C=CN)c1cc(Nc2cnccn2)nc(N[C@@H](C)c2ccc(F)cc2)c1. The van der Waals surface area contributed by atoms with Crippen LogP contribution in [0.1, 0.15) is 24.1 Å². The molecule has 0 radical (unpaired) electrons. The summed E-state index contributed by atoms with van der Waals surface area (Å²) in [6, 6.07) is 10.0. The zero-order valence-electron chi connectivity index (χ0n) is 16.2. The molecule has 2 aromatic heterocycles. The third kappa shape index (κ3) is 5.35. The number of aliphatic imine (C=N–C) groups is 1. The first-order valence-corrected chi connectivity index (χ1v) is 9.01. The molecular weight excluding hydrogens is 369 g/mol. The molecule has 1 atom stereocenters. The average Bonchev–Trinajstić information content (AvgIpc) is 2.73. The molecule has 1 aromatic carbocycles. The van der Waals surface area contributed by atoms with Crippen LogP contribution in [0.2, 0.25) is 0 Å². The molecule has 0 saturated carbocycles. The van der Waals surface area contributed by atoms with E-state index in [-0.39, 0.29) is 11.9 Å². The first-order valence-electron chi connectivity index (χ1n) is 9.01. The molecule has 0 amide bonds. The van der Waals surface area contributed by atoms with Gasteiger partial charge in [-0.3, -0.25) is 9.98 Å². The van der Waals surface area contributed by atoms with E-state index in [1.807, 2.05) is 19.1 Å². The normalized spacial score (nSPS) is 12.7. The van der Waals surface area contributed by atoms with Gasteiger partial charge in [-0.25, -0.2) is 14.4 Å². The molecule has 0 aliphatic carbocycles. The van der Waals surface area contributed by atoms with E-state index in [2.05, 4.69) is 30.6 Å². The minimum absolute atomic E-state index is 0.0882. The second-order valence-corrected chi connectivity index (χ2v) is 6.23. The Kier molecular flexibility index (Phi) is 6.47. The molecule has 3 rings (SSSR count). The van der Waals surface area contributed by atoms with Crippen LogP contribution in [0, 0.1) is 5.82 Å². The minimum atomic E-state index is -0.270. The van der Waals surface area contributed by atoms with Gasteiger partial charge < -0.3 is 16.4 Å². The summed E-state index contributed by atoms with van der Waals surface area (Å²) in [4.78, 5) is 17.2. The van der Waals surface area contributed by atoms with E-state index in [0.717, 1.165) is 11.1 Å². The molecule has 0 spiro atoms. The topological polar surface area (TPSA) is 101 Å². The fraction of sp³-hybridized carbons (Fsp3) is 0.143. The van der Waals surface area contributed by atoms with E-state index in [1.165, 1.54) is 18.3 Å². The number of nitrogens with one attached hydrogen (secondary N) is 2. The van der Waals surface area contributed by atoms with Gasteiger partial charge in [0, 0.05) is 31.0 Å². The van der Waals surface area contributed by atoms with Crippen LogP contribution >= 0.6 is 0 Å². The number of aromatic nitrogens is 3. The fourth-order valence-corrected chi connectivity index (χ4v) is 2.76. The standard InChI is InChI=1S/C21H22FN7/c1-14(15-3-5-17(22)6-4-15)27-19-11-16(18(24-2)7-8-23)12-20(28-19)29-21-13-25-9-10-26-21/h3-14H,23H2,1-2H3,(H2,26,27,28,29)/t14-/m0/s1. The van der Waals surface area contributed by atoms with Crippen molar-refractivity contribution in [1.29, 1.82) is 0 Å². The van der Waals surface area contributed by atoms with Gasteiger partial charge in [-0.05, 0) is 49.0 Å². The van der Waals surface area contributed by atoms with Crippen molar-refractivity contribution >= 4 is 23.2 Å². The predicted molar refractivity (Wildman–Crippen MR) is 114 cm³/mol. The number of nitrogens with zero attached hydrogens (tertiary/aromatic N) is 4. The number of halogens is 1. The third-order valence-corrected chi connectivity index (χ3v) is 4.17. The highest BCUT2D eigenvalue weighted by Crippen LogP contribution is 2.23. The Hall–Kier alpha value is -3.81. The van der Waals surface area contributed by atoms with Gasteiger partial charge in [-0.1, -0.05) is 12.1 Å². The zero-order chi connectivity index (χ0) is 20.6. The molecule has 0 aliphatic heterocycles. The van der Waals surface area contributed by atoms with Crippen molar-refractivity contribution in [2.45, 2.75) is 13.0 Å². The lowest BCUT2D eigenvalue weighted by Gasteiger charge is -2.17. The molecule has 8 heteroatoms. The van der Waals surface area contributed by atoms with Gasteiger partial charge in [-0.2, -0.15) is 0 Å². The Morgan fingerprint density at radius 3 is 2.55 bits per heavy atom. The average molecular weight is 391 g/mol. The molecule has 0 bridgehead atoms. The number of benzene rings is 1. The molecule has 0 aliphatic rings. The zero-order valence-corrected chi connectivity index (χ0v) is 16.2. The minimum Gasteiger partial charge on any atom is -0.405 e. The van der Waals surface area contributed by atoms with E-state index in [1.54, 1.807) is 43.8 Å². The summed E-state index contributed by atoms with van der Waals surface area (Å²) in [5.41, 5.74) is 8.02. The first-order chi connectivity index (χ1) is 14.1. The quantitative estimate of drug-likeness (QED) is 0.529. The highest BCUT2D eigenvalue weighted by atomic mass is 19.1. The van der Waals surface area contributed by atoms with Gasteiger partial charge in [0.05, 0.1) is 11.9 Å². The lowest BCUT2D eigenvalue weighted by atomic mass is 10.1. The molecule has 0 unspecified atom stereocenters. The largest absolute Gasteiger partial charge is 0.405 e. The van der Waals surface area contributed by atoms with Gasteiger partial charge in [0.25, 0.3) is 0 Å². The van der Waals surface area contributed by atoms with Gasteiger partial charge in [0.2, 0.25) is 0 Å². The van der Waals surface area contributed by atoms with Crippen LogP contribution in [-0.2, 0) is 0 Å².